The van der Waals surface area contributed by atoms with E-state index >= 15 is 0 Å². The van der Waals surface area contributed by atoms with Crippen molar-refractivity contribution >= 4 is 11.4 Å². The van der Waals surface area contributed by atoms with E-state index in [0.717, 1.165) is 12.8 Å². The minimum absolute atomic E-state index is 0.182. The van der Waals surface area contributed by atoms with E-state index in [1.54, 1.807) is 6.92 Å². The van der Waals surface area contributed by atoms with Crippen LogP contribution in [-0.2, 0) is 0 Å². The number of H-pyrrole nitrogens is 2. The summed E-state index contributed by atoms with van der Waals surface area (Å²) in [6.07, 6.45) is 3.35. The van der Waals surface area contributed by atoms with Crippen LogP contribution >= 0.6 is 0 Å². The first-order valence-corrected chi connectivity index (χ1v) is 7.01. The highest BCUT2D eigenvalue weighted by molar-refractivity contribution is 6.12. The van der Waals surface area contributed by atoms with Crippen molar-refractivity contribution in [3.63, 3.8) is 0 Å². The van der Waals surface area contributed by atoms with Crippen molar-refractivity contribution in [1.29, 1.82) is 5.26 Å². The lowest BCUT2D eigenvalue weighted by Gasteiger charge is -2.00. The Balaban J connectivity index is 2.23. The van der Waals surface area contributed by atoms with Gasteiger partial charge in [-0.3, -0.25) is 9.78 Å². The zero-order valence-corrected chi connectivity index (χ0v) is 12.5. The van der Waals surface area contributed by atoms with Crippen molar-refractivity contribution in [2.24, 2.45) is 22.0 Å². The Kier molecular flexibility index (Phi) is 4.51. The molecule has 2 rings (SSSR count). The highest BCUT2D eigenvalue weighted by Crippen LogP contribution is 2.46. The van der Waals surface area contributed by atoms with Crippen LogP contribution in [0.2, 0.25) is 0 Å². The normalized spacial score (nSPS) is 21.3. The third-order valence-electron chi connectivity index (χ3n) is 3.81. The molecule has 1 aromatic rings. The van der Waals surface area contributed by atoms with Gasteiger partial charge in [-0.25, -0.2) is 4.79 Å². The van der Waals surface area contributed by atoms with Crippen LogP contribution in [0.15, 0.2) is 38.1 Å². The Morgan fingerprint density at radius 3 is 2.77 bits per heavy atom. The molecule has 2 N–H and O–H groups in total. The first-order chi connectivity index (χ1) is 10.5. The number of nitrogens with zero attached hydrogens (tertiary/aromatic N) is 3. The Bertz CT molecular complexity index is 806. The van der Waals surface area contributed by atoms with Gasteiger partial charge in [0.1, 0.15) is 6.07 Å². The molecule has 1 fully saturated rings. The Hall–Kier alpha value is -2.75. The van der Waals surface area contributed by atoms with Gasteiger partial charge in [0.2, 0.25) is 0 Å². The molecule has 7 nitrogen and oxygen atoms in total. The Morgan fingerprint density at radius 2 is 2.23 bits per heavy atom. The number of hydrogen-bond acceptors (Lipinski definition) is 5. The van der Waals surface area contributed by atoms with Gasteiger partial charge < -0.3 is 4.98 Å². The van der Waals surface area contributed by atoms with Crippen LogP contribution in [0, 0.1) is 23.2 Å². The highest BCUT2D eigenvalue weighted by atomic mass is 16.2. The lowest BCUT2D eigenvalue weighted by molar-refractivity contribution is 0.748. The molecule has 22 heavy (non-hydrogen) atoms. The lowest BCUT2D eigenvalue weighted by Crippen LogP contribution is -2.26. The van der Waals surface area contributed by atoms with E-state index in [0.29, 0.717) is 23.1 Å². The molecular weight excluding hydrogens is 282 g/mol. The monoisotopic (exact) mass is 299 g/mol. The molecule has 1 saturated carbocycles. The molecular formula is C15H17N5O2. The number of allylic oxidation sites excluding steroid dienone is 1. The van der Waals surface area contributed by atoms with Crippen molar-refractivity contribution in [3.05, 3.63) is 44.8 Å². The van der Waals surface area contributed by atoms with Gasteiger partial charge in [0.05, 0.1) is 11.3 Å². The van der Waals surface area contributed by atoms with Crippen molar-refractivity contribution in [2.75, 3.05) is 0 Å². The molecule has 1 aliphatic rings. The van der Waals surface area contributed by atoms with E-state index in [9.17, 15) is 14.9 Å². The zero-order chi connectivity index (χ0) is 16.3. The van der Waals surface area contributed by atoms with Crippen molar-refractivity contribution in [2.45, 2.75) is 26.7 Å². The van der Waals surface area contributed by atoms with E-state index in [1.165, 1.54) is 6.20 Å². The molecule has 1 unspecified atom stereocenters. The predicted octanol–water partition coefficient (Wildman–Crippen LogP) is 1.35. The summed E-state index contributed by atoms with van der Waals surface area (Å²) in [7, 11) is 0. The molecule has 0 saturated heterocycles. The van der Waals surface area contributed by atoms with Crippen molar-refractivity contribution in [1.82, 2.24) is 9.97 Å². The van der Waals surface area contributed by atoms with Crippen molar-refractivity contribution < 1.29 is 0 Å². The molecule has 2 atom stereocenters. The van der Waals surface area contributed by atoms with Crippen LogP contribution in [0.25, 0.3) is 0 Å². The van der Waals surface area contributed by atoms with E-state index in [2.05, 4.69) is 33.7 Å². The standard InChI is InChI=1S/C15H17N5O2/c1-4-10-5-11(10)8(2)13(6-16)20-19-9(3)12-7-17-15(22)18-14(12)21/h7,10-11H,2,4-5H2,1,3H3,(H2,17,18,21,22)/b19-9+,20-13-/t10?,11-/m1/s1. The summed E-state index contributed by atoms with van der Waals surface area (Å²) in [6.45, 7) is 7.61. The minimum atomic E-state index is -0.588. The van der Waals surface area contributed by atoms with Gasteiger partial charge in [0.15, 0.2) is 5.71 Å². The van der Waals surface area contributed by atoms with Crippen LogP contribution in [0.4, 0.5) is 0 Å². The summed E-state index contributed by atoms with van der Waals surface area (Å²) >= 11 is 0. The van der Waals surface area contributed by atoms with Crippen LogP contribution in [0.5, 0.6) is 0 Å². The molecule has 7 heteroatoms. The maximum atomic E-state index is 11.6. The molecule has 0 amide bonds. The molecule has 1 aromatic heterocycles. The SMILES string of the molecule is C=C(/C(C#N)=N\N=C(/C)c1c[nH]c(=O)[nH]c1=O)[C@H]1CC1CC. The first kappa shape index (κ1) is 15.6. The van der Waals surface area contributed by atoms with Gasteiger partial charge in [0.25, 0.3) is 5.56 Å². The second kappa shape index (κ2) is 6.35. The average molecular weight is 299 g/mol. The second-order valence-corrected chi connectivity index (χ2v) is 5.27. The smallest absolute Gasteiger partial charge is 0.313 e. The first-order valence-electron chi connectivity index (χ1n) is 7.01. The van der Waals surface area contributed by atoms with E-state index < -0.39 is 11.2 Å². The van der Waals surface area contributed by atoms with E-state index in [-0.39, 0.29) is 11.3 Å². The fourth-order valence-electron chi connectivity index (χ4n) is 2.32. The van der Waals surface area contributed by atoms with Gasteiger partial charge in [-0.2, -0.15) is 10.4 Å². The van der Waals surface area contributed by atoms with Gasteiger partial charge >= 0.3 is 5.69 Å². The maximum absolute atomic E-state index is 11.6. The zero-order valence-electron chi connectivity index (χ0n) is 12.5. The third-order valence-corrected chi connectivity index (χ3v) is 3.81. The minimum Gasteiger partial charge on any atom is -0.313 e. The third kappa shape index (κ3) is 3.28. The topological polar surface area (TPSA) is 114 Å². The highest BCUT2D eigenvalue weighted by Gasteiger charge is 2.39. The summed E-state index contributed by atoms with van der Waals surface area (Å²) in [5.41, 5.74) is 0.244. The molecule has 0 spiro atoms. The van der Waals surface area contributed by atoms with Crippen molar-refractivity contribution in [3.8, 4) is 6.07 Å². The Labute approximate surface area is 127 Å². The summed E-state index contributed by atoms with van der Waals surface area (Å²) in [5.74, 6) is 0.869. The maximum Gasteiger partial charge on any atom is 0.325 e. The van der Waals surface area contributed by atoms with Gasteiger partial charge in [-0.15, -0.1) is 5.10 Å². The summed E-state index contributed by atoms with van der Waals surface area (Å²) < 4.78 is 0. The molecule has 0 bridgehead atoms. The fraction of sp³-hybridized carbons (Fsp3) is 0.400. The number of aromatic nitrogens is 2. The second-order valence-electron chi connectivity index (χ2n) is 5.27. The largest absolute Gasteiger partial charge is 0.325 e. The molecule has 1 aliphatic carbocycles. The molecule has 0 aromatic carbocycles. The molecule has 0 aliphatic heterocycles. The molecule has 1 heterocycles. The van der Waals surface area contributed by atoms with Crippen LogP contribution in [0.3, 0.4) is 0 Å². The number of aromatic amines is 2. The summed E-state index contributed by atoms with van der Waals surface area (Å²) in [6, 6.07) is 2.00. The summed E-state index contributed by atoms with van der Waals surface area (Å²) in [4.78, 5) is 27.1. The summed E-state index contributed by atoms with van der Waals surface area (Å²) in [5, 5.41) is 17.0. The van der Waals surface area contributed by atoms with Gasteiger partial charge in [-0.1, -0.05) is 19.9 Å². The lowest BCUT2D eigenvalue weighted by atomic mass is 10.1. The molecule has 114 valence electrons. The number of rotatable bonds is 5. The quantitative estimate of drug-likeness (QED) is 0.631. The predicted molar refractivity (Wildman–Crippen MR) is 84.0 cm³/mol. The van der Waals surface area contributed by atoms with Crippen LogP contribution in [-0.4, -0.2) is 21.4 Å². The average Bonchev–Trinajstić information content (AvgIpc) is 3.27. The van der Waals surface area contributed by atoms with E-state index in [4.69, 9.17) is 0 Å². The Morgan fingerprint density at radius 1 is 1.50 bits per heavy atom. The van der Waals surface area contributed by atoms with Crippen LogP contribution in [0.1, 0.15) is 32.3 Å². The van der Waals surface area contributed by atoms with Crippen LogP contribution < -0.4 is 11.2 Å². The van der Waals surface area contributed by atoms with Gasteiger partial charge in [-0.05, 0) is 30.8 Å². The number of hydrogen-bond donors (Lipinski definition) is 2. The number of nitriles is 1. The fourth-order valence-corrected chi connectivity index (χ4v) is 2.32. The van der Waals surface area contributed by atoms with E-state index in [1.807, 2.05) is 6.07 Å². The number of nitrogens with one attached hydrogen (secondary N) is 2. The molecule has 0 radical (unpaired) electrons. The van der Waals surface area contributed by atoms with Gasteiger partial charge in [0, 0.05) is 6.20 Å².